The third-order valence-electron chi connectivity index (χ3n) is 5.20. The summed E-state index contributed by atoms with van der Waals surface area (Å²) in [6, 6.07) is 8.80. The maximum atomic E-state index is 11.1. The van der Waals surface area contributed by atoms with E-state index in [1.165, 1.54) is 49.7 Å². The Morgan fingerprint density at radius 3 is 2.13 bits per heavy atom. The number of carboxylic acid groups (broad SMARTS) is 1. The van der Waals surface area contributed by atoms with E-state index in [0.717, 1.165) is 31.6 Å². The summed E-state index contributed by atoms with van der Waals surface area (Å²) < 4.78 is 0. The number of aryl methyl sites for hydroxylation is 2. The predicted octanol–water partition coefficient (Wildman–Crippen LogP) is 5.63. The minimum atomic E-state index is -0.687. The monoisotopic (exact) mass is 316 g/mol. The van der Waals surface area contributed by atoms with Crippen molar-refractivity contribution in [2.24, 2.45) is 11.3 Å². The van der Waals surface area contributed by atoms with Gasteiger partial charge in [-0.3, -0.25) is 4.79 Å². The Morgan fingerprint density at radius 1 is 1.04 bits per heavy atom. The highest BCUT2D eigenvalue weighted by molar-refractivity contribution is 5.73. The summed E-state index contributed by atoms with van der Waals surface area (Å²) in [5, 5.41) is 9.17. The average molecular weight is 316 g/mol. The molecule has 2 nitrogen and oxygen atoms in total. The Balaban J connectivity index is 1.72. The zero-order chi connectivity index (χ0) is 16.7. The first-order valence-electron chi connectivity index (χ1n) is 9.29. The maximum Gasteiger partial charge on any atom is 0.309 e. The molecule has 0 aromatic heterocycles. The van der Waals surface area contributed by atoms with Gasteiger partial charge in [0.25, 0.3) is 0 Å². The summed E-state index contributed by atoms with van der Waals surface area (Å²) in [6.45, 7) is 3.65. The summed E-state index contributed by atoms with van der Waals surface area (Å²) in [4.78, 5) is 11.1. The van der Waals surface area contributed by atoms with E-state index in [4.69, 9.17) is 5.11 Å². The first kappa shape index (κ1) is 18.0. The lowest BCUT2D eigenvalue weighted by molar-refractivity contribution is -0.147. The standard InChI is InChI=1S/C21H32O2/c1-21(2,20(22)23)16-8-7-13-19-12-6-5-11-18(19)10-4-3-9-17-14-15-17/h5-6,11-12,17H,3-4,7-10,13-16H2,1-2H3,(H,22,23). The second-order valence-electron chi connectivity index (χ2n) is 7.85. The van der Waals surface area contributed by atoms with Crippen LogP contribution in [0.4, 0.5) is 0 Å². The van der Waals surface area contributed by atoms with Gasteiger partial charge >= 0.3 is 5.97 Å². The number of hydrogen-bond acceptors (Lipinski definition) is 1. The van der Waals surface area contributed by atoms with Crippen molar-refractivity contribution in [2.45, 2.75) is 78.1 Å². The highest BCUT2D eigenvalue weighted by atomic mass is 16.4. The maximum absolute atomic E-state index is 11.1. The lowest BCUT2D eigenvalue weighted by atomic mass is 9.86. The minimum absolute atomic E-state index is 0.595. The number of carboxylic acids is 1. The summed E-state index contributed by atoms with van der Waals surface area (Å²) in [7, 11) is 0. The summed E-state index contributed by atoms with van der Waals surface area (Å²) in [5.41, 5.74) is 2.37. The van der Waals surface area contributed by atoms with E-state index in [9.17, 15) is 4.79 Å². The van der Waals surface area contributed by atoms with Crippen LogP contribution in [0.3, 0.4) is 0 Å². The number of benzene rings is 1. The smallest absolute Gasteiger partial charge is 0.309 e. The van der Waals surface area contributed by atoms with Crippen LogP contribution in [0, 0.1) is 11.3 Å². The molecule has 0 saturated heterocycles. The number of aliphatic carboxylic acids is 1. The highest BCUT2D eigenvalue weighted by Gasteiger charge is 2.26. The van der Waals surface area contributed by atoms with Crippen molar-refractivity contribution < 1.29 is 9.90 Å². The third-order valence-corrected chi connectivity index (χ3v) is 5.20. The summed E-state index contributed by atoms with van der Waals surface area (Å²) >= 11 is 0. The number of rotatable bonds is 11. The zero-order valence-corrected chi connectivity index (χ0v) is 14.8. The van der Waals surface area contributed by atoms with Gasteiger partial charge in [0.15, 0.2) is 0 Å². The average Bonchev–Trinajstić information content (AvgIpc) is 3.33. The van der Waals surface area contributed by atoms with Crippen molar-refractivity contribution in [1.29, 1.82) is 0 Å². The second-order valence-corrected chi connectivity index (χ2v) is 7.85. The van der Waals surface area contributed by atoms with Gasteiger partial charge in [-0.25, -0.2) is 0 Å². The Kier molecular flexibility index (Phi) is 6.68. The van der Waals surface area contributed by atoms with Crippen LogP contribution in [0.15, 0.2) is 24.3 Å². The normalized spacial score (nSPS) is 14.9. The molecule has 128 valence electrons. The fourth-order valence-corrected chi connectivity index (χ4v) is 3.19. The lowest BCUT2D eigenvalue weighted by Gasteiger charge is -2.18. The van der Waals surface area contributed by atoms with Crippen molar-refractivity contribution in [3.8, 4) is 0 Å². The predicted molar refractivity (Wildman–Crippen MR) is 95.7 cm³/mol. The van der Waals surface area contributed by atoms with Gasteiger partial charge in [0, 0.05) is 0 Å². The van der Waals surface area contributed by atoms with Crippen LogP contribution in [0.25, 0.3) is 0 Å². The van der Waals surface area contributed by atoms with E-state index >= 15 is 0 Å². The topological polar surface area (TPSA) is 37.3 Å². The van der Waals surface area contributed by atoms with Gasteiger partial charge in [0.05, 0.1) is 5.41 Å². The highest BCUT2D eigenvalue weighted by Crippen LogP contribution is 2.34. The summed E-state index contributed by atoms with van der Waals surface area (Å²) in [6.07, 6.45) is 12.1. The molecule has 1 saturated carbocycles. The molecule has 1 fully saturated rings. The second kappa shape index (κ2) is 8.52. The molecular weight excluding hydrogens is 284 g/mol. The van der Waals surface area contributed by atoms with Crippen molar-refractivity contribution in [1.82, 2.24) is 0 Å². The first-order valence-corrected chi connectivity index (χ1v) is 9.29. The number of hydrogen-bond donors (Lipinski definition) is 1. The van der Waals surface area contributed by atoms with Gasteiger partial charge in [0.1, 0.15) is 0 Å². The van der Waals surface area contributed by atoms with Gasteiger partial charge < -0.3 is 5.11 Å². The number of unbranched alkanes of at least 4 members (excludes halogenated alkanes) is 2. The van der Waals surface area contributed by atoms with Crippen LogP contribution in [-0.4, -0.2) is 11.1 Å². The van der Waals surface area contributed by atoms with Gasteiger partial charge in [-0.15, -0.1) is 0 Å². The third kappa shape index (κ3) is 6.37. The summed E-state index contributed by atoms with van der Waals surface area (Å²) in [5.74, 6) is 0.358. The van der Waals surface area contributed by atoms with Crippen LogP contribution in [-0.2, 0) is 17.6 Å². The first-order chi connectivity index (χ1) is 11.0. The molecule has 1 aliphatic carbocycles. The Bertz CT molecular complexity index is 500. The molecule has 0 radical (unpaired) electrons. The Morgan fingerprint density at radius 2 is 1.61 bits per heavy atom. The van der Waals surface area contributed by atoms with Crippen molar-refractivity contribution in [2.75, 3.05) is 0 Å². The van der Waals surface area contributed by atoms with Crippen LogP contribution in [0.1, 0.15) is 76.3 Å². The largest absolute Gasteiger partial charge is 0.481 e. The van der Waals surface area contributed by atoms with E-state index in [1.807, 2.05) is 13.8 Å². The minimum Gasteiger partial charge on any atom is -0.481 e. The molecule has 1 N–H and O–H groups in total. The van der Waals surface area contributed by atoms with Crippen molar-refractivity contribution >= 4 is 5.97 Å². The van der Waals surface area contributed by atoms with E-state index < -0.39 is 11.4 Å². The fourth-order valence-electron chi connectivity index (χ4n) is 3.19. The molecule has 2 rings (SSSR count). The lowest BCUT2D eigenvalue weighted by Crippen LogP contribution is -2.23. The van der Waals surface area contributed by atoms with Gasteiger partial charge in [0.2, 0.25) is 0 Å². The molecule has 1 aliphatic rings. The molecule has 0 atom stereocenters. The SMILES string of the molecule is CC(C)(CCCCc1ccccc1CCCCC1CC1)C(=O)O. The Labute approximate surface area is 141 Å². The van der Waals surface area contributed by atoms with Crippen LogP contribution in [0.5, 0.6) is 0 Å². The van der Waals surface area contributed by atoms with E-state index in [-0.39, 0.29) is 0 Å². The molecule has 2 heteroatoms. The molecule has 1 aromatic carbocycles. The molecular formula is C21H32O2. The van der Waals surface area contributed by atoms with Crippen LogP contribution in [0.2, 0.25) is 0 Å². The Hall–Kier alpha value is -1.31. The molecule has 0 heterocycles. The molecule has 0 amide bonds. The van der Waals surface area contributed by atoms with Gasteiger partial charge in [-0.1, -0.05) is 56.4 Å². The van der Waals surface area contributed by atoms with E-state index in [2.05, 4.69) is 24.3 Å². The van der Waals surface area contributed by atoms with Gasteiger partial charge in [-0.05, 0) is 63.0 Å². The van der Waals surface area contributed by atoms with Crippen LogP contribution >= 0.6 is 0 Å². The molecule has 23 heavy (non-hydrogen) atoms. The number of carbonyl (C=O) groups is 1. The zero-order valence-electron chi connectivity index (χ0n) is 14.8. The van der Waals surface area contributed by atoms with Crippen molar-refractivity contribution in [3.63, 3.8) is 0 Å². The fraction of sp³-hybridized carbons (Fsp3) is 0.667. The molecule has 0 bridgehead atoms. The molecule has 0 spiro atoms. The quantitative estimate of drug-likeness (QED) is 0.537. The molecule has 0 unspecified atom stereocenters. The molecule has 1 aromatic rings. The molecule has 0 aliphatic heterocycles. The van der Waals surface area contributed by atoms with E-state index in [0.29, 0.717) is 0 Å². The van der Waals surface area contributed by atoms with Gasteiger partial charge in [-0.2, -0.15) is 0 Å². The van der Waals surface area contributed by atoms with Crippen molar-refractivity contribution in [3.05, 3.63) is 35.4 Å². The van der Waals surface area contributed by atoms with E-state index in [1.54, 1.807) is 0 Å². The van der Waals surface area contributed by atoms with Crippen LogP contribution < -0.4 is 0 Å².